The molecule has 320 valence electrons. The number of esters is 2. The molecule has 1 unspecified atom stereocenters. The number of hydrogen-bond acceptors (Lipinski definition) is 9. The number of carbonyl (C=O) groups is 2. The van der Waals surface area contributed by atoms with Crippen LogP contribution in [-0.2, 0) is 32.7 Å². The molecular formula is C43H83O10P. The molecule has 54 heavy (non-hydrogen) atoms. The van der Waals surface area contributed by atoms with Gasteiger partial charge in [0, 0.05) is 12.8 Å². The second kappa shape index (κ2) is 39.9. The summed E-state index contributed by atoms with van der Waals surface area (Å²) in [6, 6.07) is 0. The van der Waals surface area contributed by atoms with Gasteiger partial charge in [0.2, 0.25) is 0 Å². The standard InChI is InChI=1S/C43H83O10P/c1-3-5-7-9-11-13-15-17-19-21-22-24-26-28-30-32-34-42(46)50-38-41(39-52-54(48,49)51-37-40(45)36-44)53-43(47)35-33-31-29-27-25-23-20-18-16-14-12-10-8-6-4-2/h18,20,40-41,44-45H,3-17,19,21-39H2,1-2H3,(H,48,49)/b20-18+/t40-,41+/m0/s1. The lowest BCUT2D eigenvalue weighted by Crippen LogP contribution is -2.29. The van der Waals surface area contributed by atoms with E-state index in [0.29, 0.717) is 12.8 Å². The van der Waals surface area contributed by atoms with Crippen molar-refractivity contribution in [2.24, 2.45) is 0 Å². The molecule has 3 atom stereocenters. The van der Waals surface area contributed by atoms with Gasteiger partial charge in [-0.05, 0) is 38.5 Å². The van der Waals surface area contributed by atoms with Gasteiger partial charge in [-0.1, -0.05) is 174 Å². The number of phosphoric ester groups is 1. The summed E-state index contributed by atoms with van der Waals surface area (Å²) in [6.07, 6.45) is 37.4. The van der Waals surface area contributed by atoms with Gasteiger partial charge in [-0.25, -0.2) is 4.57 Å². The van der Waals surface area contributed by atoms with E-state index in [1.807, 2.05) is 0 Å². The molecule has 0 radical (unpaired) electrons. The zero-order valence-electron chi connectivity index (χ0n) is 34.7. The quantitative estimate of drug-likeness (QED) is 0.0236. The number of carbonyl (C=O) groups excluding carboxylic acids is 2. The number of unbranched alkanes of at least 4 members (excludes halogenated alkanes) is 26. The Bertz CT molecular complexity index is 915. The molecule has 0 aromatic carbocycles. The molecule has 0 bridgehead atoms. The van der Waals surface area contributed by atoms with E-state index >= 15 is 0 Å². The van der Waals surface area contributed by atoms with Crippen LogP contribution in [0.1, 0.15) is 213 Å². The Morgan fingerprint density at radius 3 is 1.33 bits per heavy atom. The Balaban J connectivity index is 4.26. The van der Waals surface area contributed by atoms with E-state index in [1.54, 1.807) is 0 Å². The van der Waals surface area contributed by atoms with E-state index in [9.17, 15) is 24.2 Å². The number of phosphoric acid groups is 1. The molecule has 0 saturated heterocycles. The molecule has 0 aromatic heterocycles. The summed E-state index contributed by atoms with van der Waals surface area (Å²) in [5, 5.41) is 18.3. The Kier molecular flexibility index (Phi) is 39.0. The van der Waals surface area contributed by atoms with Gasteiger partial charge in [0.05, 0.1) is 19.8 Å². The van der Waals surface area contributed by atoms with Crippen LogP contribution in [0.25, 0.3) is 0 Å². The molecule has 0 spiro atoms. The van der Waals surface area contributed by atoms with Crippen molar-refractivity contribution >= 4 is 19.8 Å². The van der Waals surface area contributed by atoms with Crippen molar-refractivity contribution in [1.29, 1.82) is 0 Å². The number of allylic oxidation sites excluding steroid dienone is 2. The molecule has 10 nitrogen and oxygen atoms in total. The number of hydrogen-bond donors (Lipinski definition) is 3. The molecule has 0 amide bonds. The Labute approximate surface area is 330 Å². The van der Waals surface area contributed by atoms with Crippen molar-refractivity contribution in [3.63, 3.8) is 0 Å². The summed E-state index contributed by atoms with van der Waals surface area (Å²) in [5.41, 5.74) is 0. The smallest absolute Gasteiger partial charge is 0.462 e. The van der Waals surface area contributed by atoms with Crippen LogP contribution < -0.4 is 0 Å². The zero-order valence-corrected chi connectivity index (χ0v) is 35.6. The SMILES string of the molecule is CCCCCCCC/C=C/CCCCCCCC(=O)O[C@H](COC(=O)CCCCCCCCCCCCCCCCCC)COP(=O)(O)OC[C@@H](O)CO. The highest BCUT2D eigenvalue weighted by molar-refractivity contribution is 7.47. The molecule has 0 saturated carbocycles. The molecule has 0 heterocycles. The first-order valence-electron chi connectivity index (χ1n) is 22.1. The Morgan fingerprint density at radius 2 is 0.907 bits per heavy atom. The fourth-order valence-electron chi connectivity index (χ4n) is 6.22. The second-order valence-corrected chi connectivity index (χ2v) is 16.5. The fourth-order valence-corrected chi connectivity index (χ4v) is 7.01. The first kappa shape index (κ1) is 52.7. The summed E-state index contributed by atoms with van der Waals surface area (Å²) < 4.78 is 32.7. The predicted molar refractivity (Wildman–Crippen MR) is 219 cm³/mol. The van der Waals surface area contributed by atoms with E-state index in [1.165, 1.54) is 116 Å². The van der Waals surface area contributed by atoms with Crippen molar-refractivity contribution in [3.8, 4) is 0 Å². The molecular weight excluding hydrogens is 707 g/mol. The molecule has 0 aromatic rings. The summed E-state index contributed by atoms with van der Waals surface area (Å²) >= 11 is 0. The molecule has 11 heteroatoms. The lowest BCUT2D eigenvalue weighted by Gasteiger charge is -2.20. The largest absolute Gasteiger partial charge is 0.472 e. The summed E-state index contributed by atoms with van der Waals surface area (Å²) in [7, 11) is -4.61. The third kappa shape index (κ3) is 39.0. The van der Waals surface area contributed by atoms with Crippen LogP contribution >= 0.6 is 7.82 Å². The Morgan fingerprint density at radius 1 is 0.537 bits per heavy atom. The van der Waals surface area contributed by atoms with E-state index in [4.69, 9.17) is 23.6 Å². The fraction of sp³-hybridized carbons (Fsp3) is 0.907. The molecule has 0 rings (SSSR count). The monoisotopic (exact) mass is 791 g/mol. The first-order chi connectivity index (χ1) is 26.2. The lowest BCUT2D eigenvalue weighted by molar-refractivity contribution is -0.161. The molecule has 0 aliphatic heterocycles. The van der Waals surface area contributed by atoms with Gasteiger partial charge in [-0.3, -0.25) is 18.6 Å². The van der Waals surface area contributed by atoms with Crippen LogP contribution in [0.2, 0.25) is 0 Å². The molecule has 0 aliphatic carbocycles. The average molecular weight is 791 g/mol. The number of ether oxygens (including phenoxy) is 2. The minimum Gasteiger partial charge on any atom is -0.462 e. The van der Waals surface area contributed by atoms with Crippen molar-refractivity contribution in [2.45, 2.75) is 225 Å². The maximum atomic E-state index is 12.6. The minimum absolute atomic E-state index is 0.178. The first-order valence-corrected chi connectivity index (χ1v) is 23.6. The van der Waals surface area contributed by atoms with Gasteiger partial charge in [-0.15, -0.1) is 0 Å². The minimum atomic E-state index is -4.61. The maximum absolute atomic E-state index is 12.6. The van der Waals surface area contributed by atoms with Crippen LogP contribution in [0.3, 0.4) is 0 Å². The van der Waals surface area contributed by atoms with Gasteiger partial charge in [0.1, 0.15) is 12.7 Å². The highest BCUT2D eigenvalue weighted by Gasteiger charge is 2.27. The molecule has 3 N–H and O–H groups in total. The van der Waals surface area contributed by atoms with Gasteiger partial charge >= 0.3 is 19.8 Å². The number of aliphatic hydroxyl groups excluding tert-OH is 2. The molecule has 0 aliphatic rings. The third-order valence-corrected chi connectivity index (χ3v) is 10.6. The van der Waals surface area contributed by atoms with E-state index in [-0.39, 0.29) is 19.4 Å². The second-order valence-electron chi connectivity index (χ2n) is 15.1. The van der Waals surface area contributed by atoms with Crippen LogP contribution in [0.4, 0.5) is 0 Å². The number of rotatable bonds is 42. The van der Waals surface area contributed by atoms with Gasteiger partial charge in [0.25, 0.3) is 0 Å². The maximum Gasteiger partial charge on any atom is 0.472 e. The van der Waals surface area contributed by atoms with Gasteiger partial charge in [0.15, 0.2) is 6.10 Å². The van der Waals surface area contributed by atoms with Crippen LogP contribution in [0.15, 0.2) is 12.2 Å². The van der Waals surface area contributed by atoms with E-state index in [0.717, 1.165) is 57.8 Å². The average Bonchev–Trinajstić information content (AvgIpc) is 3.16. The lowest BCUT2D eigenvalue weighted by atomic mass is 10.0. The third-order valence-electron chi connectivity index (χ3n) is 9.67. The number of aliphatic hydroxyl groups is 2. The molecule has 0 fully saturated rings. The summed E-state index contributed by atoms with van der Waals surface area (Å²) in [6.45, 7) is 2.39. The van der Waals surface area contributed by atoms with Crippen molar-refractivity contribution in [3.05, 3.63) is 12.2 Å². The predicted octanol–water partition coefficient (Wildman–Crippen LogP) is 11.6. The highest BCUT2D eigenvalue weighted by atomic mass is 31.2. The Hall–Kier alpha value is -1.29. The summed E-state index contributed by atoms with van der Waals surface area (Å²) in [4.78, 5) is 35.0. The van der Waals surface area contributed by atoms with Gasteiger partial charge < -0.3 is 24.6 Å². The normalized spacial score (nSPS) is 13.9. The highest BCUT2D eigenvalue weighted by Crippen LogP contribution is 2.43. The summed E-state index contributed by atoms with van der Waals surface area (Å²) in [5.74, 6) is -0.923. The van der Waals surface area contributed by atoms with Crippen molar-refractivity contribution < 1.29 is 47.8 Å². The van der Waals surface area contributed by atoms with Crippen LogP contribution in [0, 0.1) is 0 Å². The van der Waals surface area contributed by atoms with Crippen molar-refractivity contribution in [2.75, 3.05) is 26.4 Å². The van der Waals surface area contributed by atoms with Crippen LogP contribution in [-0.4, -0.2) is 65.7 Å². The van der Waals surface area contributed by atoms with Gasteiger partial charge in [-0.2, -0.15) is 0 Å². The zero-order chi connectivity index (χ0) is 39.8. The van der Waals surface area contributed by atoms with Crippen molar-refractivity contribution in [1.82, 2.24) is 0 Å². The topological polar surface area (TPSA) is 149 Å². The van der Waals surface area contributed by atoms with E-state index < -0.39 is 51.8 Å². The van der Waals surface area contributed by atoms with Crippen LogP contribution in [0.5, 0.6) is 0 Å². The van der Waals surface area contributed by atoms with E-state index in [2.05, 4.69) is 26.0 Å².